The molecule has 1 aromatic heterocycles. The third-order valence-electron chi connectivity index (χ3n) is 5.54. The van der Waals surface area contributed by atoms with E-state index in [0.29, 0.717) is 24.4 Å². The molecule has 1 saturated heterocycles. The van der Waals surface area contributed by atoms with E-state index < -0.39 is 0 Å². The zero-order valence-corrected chi connectivity index (χ0v) is 15.7. The number of hydrogen-bond donors (Lipinski definition) is 1. The van der Waals surface area contributed by atoms with E-state index in [0.717, 1.165) is 68.2 Å². The van der Waals surface area contributed by atoms with Crippen molar-refractivity contribution in [3.63, 3.8) is 0 Å². The fraction of sp³-hybridized carbons (Fsp3) is 0.500. The van der Waals surface area contributed by atoms with Crippen LogP contribution in [0.1, 0.15) is 66.9 Å². The predicted octanol–water partition coefficient (Wildman–Crippen LogP) is 3.63. The molecule has 2 aliphatic rings. The lowest BCUT2D eigenvalue weighted by atomic mass is 10.1. The average molecular weight is 365 g/mol. The van der Waals surface area contributed by atoms with Gasteiger partial charge in [-0.15, -0.1) is 0 Å². The molecule has 0 bridgehead atoms. The minimum Gasteiger partial charge on any atom is -0.352 e. The quantitative estimate of drug-likeness (QED) is 0.795. The number of aromatic nitrogens is 1. The third kappa shape index (κ3) is 4.29. The number of para-hydroxylation sites is 1. The highest BCUT2D eigenvalue weighted by Gasteiger charge is 2.27. The molecular weight excluding hydrogens is 338 g/mol. The summed E-state index contributed by atoms with van der Waals surface area (Å²) in [5.74, 6) is 0.723. The van der Waals surface area contributed by atoms with Crippen LogP contribution in [-0.4, -0.2) is 41.3 Å². The second-order valence-corrected chi connectivity index (χ2v) is 7.69. The Labute approximate surface area is 160 Å². The van der Waals surface area contributed by atoms with Crippen molar-refractivity contribution >= 4 is 22.7 Å². The summed E-state index contributed by atoms with van der Waals surface area (Å²) in [5.41, 5.74) is 2.64. The van der Waals surface area contributed by atoms with Gasteiger partial charge in [0.15, 0.2) is 0 Å². The maximum Gasteiger partial charge on any atom is 0.252 e. The Morgan fingerprint density at radius 1 is 1.19 bits per heavy atom. The van der Waals surface area contributed by atoms with Crippen molar-refractivity contribution in [3.05, 3.63) is 41.6 Å². The lowest BCUT2D eigenvalue weighted by Gasteiger charge is -2.20. The Morgan fingerprint density at radius 2 is 2.04 bits per heavy atom. The summed E-state index contributed by atoms with van der Waals surface area (Å²) in [6.45, 7) is 2.16. The summed E-state index contributed by atoms with van der Waals surface area (Å²) < 4.78 is 0. The molecule has 0 unspecified atom stereocenters. The smallest absolute Gasteiger partial charge is 0.252 e. The van der Waals surface area contributed by atoms with Crippen LogP contribution in [0.25, 0.3) is 10.9 Å². The van der Waals surface area contributed by atoms with Gasteiger partial charge in [-0.1, -0.05) is 24.6 Å². The van der Waals surface area contributed by atoms with Gasteiger partial charge in [-0.2, -0.15) is 0 Å². The van der Waals surface area contributed by atoms with Crippen LogP contribution in [0.5, 0.6) is 0 Å². The van der Waals surface area contributed by atoms with E-state index in [-0.39, 0.29) is 11.8 Å². The molecule has 4 rings (SSSR count). The summed E-state index contributed by atoms with van der Waals surface area (Å²) in [5, 5.41) is 3.95. The van der Waals surface area contributed by atoms with Crippen molar-refractivity contribution < 1.29 is 9.59 Å². The second-order valence-electron chi connectivity index (χ2n) is 7.69. The number of nitrogens with one attached hydrogen (secondary N) is 1. The molecule has 2 aromatic rings. The van der Waals surface area contributed by atoms with E-state index in [1.807, 2.05) is 35.2 Å². The predicted molar refractivity (Wildman–Crippen MR) is 106 cm³/mol. The summed E-state index contributed by atoms with van der Waals surface area (Å²) >= 11 is 0. The molecule has 0 atom stereocenters. The van der Waals surface area contributed by atoms with E-state index in [1.165, 1.54) is 0 Å². The van der Waals surface area contributed by atoms with Crippen LogP contribution in [0, 0.1) is 0 Å². The average Bonchev–Trinajstić information content (AvgIpc) is 3.53. The van der Waals surface area contributed by atoms with E-state index in [2.05, 4.69) is 5.32 Å². The van der Waals surface area contributed by atoms with Crippen molar-refractivity contribution in [2.45, 2.75) is 50.9 Å². The SMILES string of the molecule is O=C(NCCCN1CCCCCC1=O)c1cc(C2CC2)nc2ccccc12. The molecule has 1 aliphatic heterocycles. The molecule has 2 amide bonds. The van der Waals surface area contributed by atoms with Crippen LogP contribution in [0.4, 0.5) is 0 Å². The van der Waals surface area contributed by atoms with Gasteiger partial charge < -0.3 is 10.2 Å². The molecule has 1 aliphatic carbocycles. The van der Waals surface area contributed by atoms with Gasteiger partial charge >= 0.3 is 0 Å². The van der Waals surface area contributed by atoms with E-state index >= 15 is 0 Å². The Morgan fingerprint density at radius 3 is 2.89 bits per heavy atom. The topological polar surface area (TPSA) is 62.3 Å². The molecule has 5 nitrogen and oxygen atoms in total. The van der Waals surface area contributed by atoms with Crippen molar-refractivity contribution in [3.8, 4) is 0 Å². The van der Waals surface area contributed by atoms with Crippen LogP contribution < -0.4 is 5.32 Å². The molecular formula is C22H27N3O2. The second kappa shape index (κ2) is 8.07. The van der Waals surface area contributed by atoms with Crippen LogP contribution >= 0.6 is 0 Å². The number of pyridine rings is 1. The molecule has 0 radical (unpaired) electrons. The zero-order valence-electron chi connectivity index (χ0n) is 15.7. The van der Waals surface area contributed by atoms with Gasteiger partial charge in [-0.3, -0.25) is 14.6 Å². The first kappa shape index (κ1) is 18.0. The zero-order chi connectivity index (χ0) is 18.6. The summed E-state index contributed by atoms with van der Waals surface area (Å²) in [6.07, 6.45) is 7.01. The number of hydrogen-bond acceptors (Lipinski definition) is 3. The highest BCUT2D eigenvalue weighted by molar-refractivity contribution is 6.06. The Hall–Kier alpha value is -2.43. The maximum atomic E-state index is 12.8. The molecule has 27 heavy (non-hydrogen) atoms. The molecule has 1 N–H and O–H groups in total. The number of carbonyl (C=O) groups is 2. The third-order valence-corrected chi connectivity index (χ3v) is 5.54. The number of likely N-dealkylation sites (tertiary alicyclic amines) is 1. The van der Waals surface area contributed by atoms with E-state index in [9.17, 15) is 9.59 Å². The van der Waals surface area contributed by atoms with E-state index in [4.69, 9.17) is 4.98 Å². The molecule has 5 heteroatoms. The minimum absolute atomic E-state index is 0.0438. The van der Waals surface area contributed by atoms with Crippen LogP contribution in [0.15, 0.2) is 30.3 Å². The van der Waals surface area contributed by atoms with Crippen molar-refractivity contribution in [1.29, 1.82) is 0 Å². The summed E-state index contributed by atoms with van der Waals surface area (Å²) in [7, 11) is 0. The van der Waals surface area contributed by atoms with Crippen molar-refractivity contribution in [2.75, 3.05) is 19.6 Å². The number of rotatable bonds is 6. The number of fused-ring (bicyclic) bond motifs is 1. The van der Waals surface area contributed by atoms with E-state index in [1.54, 1.807) is 0 Å². The fourth-order valence-electron chi connectivity index (χ4n) is 3.81. The number of carbonyl (C=O) groups excluding carboxylic acids is 2. The molecule has 0 spiro atoms. The van der Waals surface area contributed by atoms with Crippen LogP contribution in [0.3, 0.4) is 0 Å². The highest BCUT2D eigenvalue weighted by atomic mass is 16.2. The first-order chi connectivity index (χ1) is 13.2. The van der Waals surface area contributed by atoms with Gasteiger partial charge in [0.25, 0.3) is 5.91 Å². The molecule has 2 heterocycles. The van der Waals surface area contributed by atoms with Crippen molar-refractivity contribution in [1.82, 2.24) is 15.2 Å². The van der Waals surface area contributed by atoms with Crippen LogP contribution in [0.2, 0.25) is 0 Å². The first-order valence-electron chi connectivity index (χ1n) is 10.2. The lowest BCUT2D eigenvalue weighted by molar-refractivity contribution is -0.130. The van der Waals surface area contributed by atoms with Gasteiger partial charge in [-0.25, -0.2) is 0 Å². The molecule has 2 fully saturated rings. The number of nitrogens with zero attached hydrogens (tertiary/aromatic N) is 2. The largest absolute Gasteiger partial charge is 0.352 e. The Balaban J connectivity index is 1.39. The van der Waals surface area contributed by atoms with Gasteiger partial charge in [-0.05, 0) is 44.2 Å². The first-order valence-corrected chi connectivity index (χ1v) is 10.2. The normalized spacial score (nSPS) is 17.8. The molecule has 142 valence electrons. The fourth-order valence-corrected chi connectivity index (χ4v) is 3.81. The number of benzene rings is 1. The van der Waals surface area contributed by atoms with Crippen molar-refractivity contribution in [2.24, 2.45) is 0 Å². The monoisotopic (exact) mass is 365 g/mol. The maximum absolute atomic E-state index is 12.8. The molecule has 1 aromatic carbocycles. The lowest BCUT2D eigenvalue weighted by Crippen LogP contribution is -2.34. The van der Waals surface area contributed by atoms with Gasteiger partial charge in [0.05, 0.1) is 11.1 Å². The highest BCUT2D eigenvalue weighted by Crippen LogP contribution is 2.40. The molecule has 1 saturated carbocycles. The Kier molecular flexibility index (Phi) is 5.37. The van der Waals surface area contributed by atoms with Gasteiger partial charge in [0, 0.05) is 43.1 Å². The van der Waals surface area contributed by atoms with Crippen LogP contribution in [-0.2, 0) is 4.79 Å². The Bertz CT molecular complexity index is 845. The standard InChI is InChI=1S/C22H27N3O2/c26-21-9-2-1-5-13-25(21)14-6-12-23-22(27)18-15-20(16-10-11-16)24-19-8-4-3-7-17(18)19/h3-4,7-8,15-16H,1-2,5-6,9-14H2,(H,23,27). The number of amides is 2. The van der Waals surface area contributed by atoms with Gasteiger partial charge in [0.2, 0.25) is 5.91 Å². The minimum atomic E-state index is -0.0438. The van der Waals surface area contributed by atoms with Gasteiger partial charge in [0.1, 0.15) is 0 Å². The summed E-state index contributed by atoms with van der Waals surface area (Å²) in [4.78, 5) is 31.5. The summed E-state index contributed by atoms with van der Waals surface area (Å²) in [6, 6.07) is 9.81.